The zero-order valence-electron chi connectivity index (χ0n) is 12.6. The second-order valence-electron chi connectivity index (χ2n) is 5.21. The molecule has 0 bridgehead atoms. The van der Waals surface area contributed by atoms with Gasteiger partial charge >= 0.3 is 0 Å². The predicted molar refractivity (Wildman–Crippen MR) is 93.0 cm³/mol. The molecule has 2 N–H and O–H groups in total. The summed E-state index contributed by atoms with van der Waals surface area (Å²) in [7, 11) is -3.32. The Morgan fingerprint density at radius 1 is 0.955 bits per heavy atom. The van der Waals surface area contributed by atoms with Crippen LogP contribution >= 0.6 is 12.4 Å². The molecule has 0 aliphatic carbocycles. The molecule has 2 aromatic carbocycles. The van der Waals surface area contributed by atoms with Crippen molar-refractivity contribution in [2.45, 2.75) is 36.5 Å². The third kappa shape index (κ3) is 4.83. The van der Waals surface area contributed by atoms with Gasteiger partial charge in [0.05, 0.1) is 10.6 Å². The van der Waals surface area contributed by atoms with Gasteiger partial charge in [-0.1, -0.05) is 49.4 Å². The Balaban J connectivity index is 0.00000242. The summed E-state index contributed by atoms with van der Waals surface area (Å²) < 4.78 is 25.0. The van der Waals surface area contributed by atoms with Crippen molar-refractivity contribution >= 4 is 22.2 Å². The van der Waals surface area contributed by atoms with E-state index in [0.29, 0.717) is 11.3 Å². The molecular formula is C17H22ClNO2S. The number of halogens is 1. The van der Waals surface area contributed by atoms with Gasteiger partial charge in [0.25, 0.3) is 0 Å². The maximum atomic E-state index is 12.5. The van der Waals surface area contributed by atoms with Gasteiger partial charge in [-0.25, -0.2) is 8.42 Å². The summed E-state index contributed by atoms with van der Waals surface area (Å²) in [4.78, 5) is 0.361. The van der Waals surface area contributed by atoms with Crippen molar-refractivity contribution in [3.63, 3.8) is 0 Å². The van der Waals surface area contributed by atoms with Crippen molar-refractivity contribution in [2.24, 2.45) is 5.73 Å². The minimum absolute atomic E-state index is 0. The molecule has 0 saturated heterocycles. The first-order valence-corrected chi connectivity index (χ1v) is 8.78. The lowest BCUT2D eigenvalue weighted by atomic mass is 10.0. The van der Waals surface area contributed by atoms with Crippen molar-refractivity contribution in [1.82, 2.24) is 0 Å². The minimum atomic E-state index is -3.32. The van der Waals surface area contributed by atoms with Crippen molar-refractivity contribution in [1.29, 1.82) is 0 Å². The van der Waals surface area contributed by atoms with E-state index in [1.165, 1.54) is 0 Å². The van der Waals surface area contributed by atoms with Crippen LogP contribution in [0.2, 0.25) is 0 Å². The van der Waals surface area contributed by atoms with Gasteiger partial charge in [-0.2, -0.15) is 0 Å². The summed E-state index contributed by atoms with van der Waals surface area (Å²) in [6.45, 7) is 2.04. The first-order chi connectivity index (χ1) is 10.0. The van der Waals surface area contributed by atoms with E-state index in [1.807, 2.05) is 37.3 Å². The fraction of sp³-hybridized carbons (Fsp3) is 0.294. The van der Waals surface area contributed by atoms with Crippen LogP contribution in [-0.2, 0) is 22.0 Å². The van der Waals surface area contributed by atoms with E-state index in [9.17, 15) is 8.42 Å². The van der Waals surface area contributed by atoms with Crippen molar-refractivity contribution in [3.8, 4) is 0 Å². The normalized spacial score (nSPS) is 12.5. The summed E-state index contributed by atoms with van der Waals surface area (Å²) in [6, 6.07) is 16.3. The molecule has 0 aromatic heterocycles. The molecule has 120 valence electrons. The number of hydrogen-bond acceptors (Lipinski definition) is 3. The molecule has 2 rings (SSSR count). The molecule has 0 saturated carbocycles. The minimum Gasteiger partial charge on any atom is -0.327 e. The molecule has 0 heterocycles. The first kappa shape index (κ1) is 18.7. The van der Waals surface area contributed by atoms with E-state index in [0.717, 1.165) is 17.5 Å². The number of benzene rings is 2. The van der Waals surface area contributed by atoms with Crippen LogP contribution in [-0.4, -0.2) is 14.5 Å². The van der Waals surface area contributed by atoms with E-state index < -0.39 is 9.84 Å². The summed E-state index contributed by atoms with van der Waals surface area (Å²) in [6.07, 6.45) is 1.58. The summed E-state index contributed by atoms with van der Waals surface area (Å²) in [5.74, 6) is 0.0175. The molecule has 0 fully saturated rings. The van der Waals surface area contributed by atoms with Crippen molar-refractivity contribution in [3.05, 3.63) is 65.7 Å². The highest BCUT2D eigenvalue weighted by Crippen LogP contribution is 2.20. The van der Waals surface area contributed by atoms with E-state index in [-0.39, 0.29) is 24.2 Å². The third-order valence-corrected chi connectivity index (χ3v) is 5.25. The lowest BCUT2D eigenvalue weighted by Crippen LogP contribution is -2.22. The average Bonchev–Trinajstić information content (AvgIpc) is 2.50. The van der Waals surface area contributed by atoms with Gasteiger partial charge in [-0.3, -0.25) is 0 Å². The van der Waals surface area contributed by atoms with E-state index in [4.69, 9.17) is 5.73 Å². The number of nitrogens with two attached hydrogens (primary N) is 1. The molecule has 0 spiro atoms. The van der Waals surface area contributed by atoms with E-state index in [2.05, 4.69) is 0 Å². The van der Waals surface area contributed by atoms with Crippen LogP contribution in [0, 0.1) is 0 Å². The number of sulfone groups is 1. The fourth-order valence-corrected chi connectivity index (χ4v) is 3.67. The Morgan fingerprint density at radius 2 is 1.50 bits per heavy atom. The smallest absolute Gasteiger partial charge is 0.182 e. The summed E-state index contributed by atoms with van der Waals surface area (Å²) >= 11 is 0. The molecule has 0 aliphatic heterocycles. The Morgan fingerprint density at radius 3 is 2.09 bits per heavy atom. The van der Waals surface area contributed by atoms with Gasteiger partial charge in [-0.05, 0) is 36.1 Å². The first-order valence-electron chi connectivity index (χ1n) is 7.13. The molecule has 22 heavy (non-hydrogen) atoms. The second-order valence-corrected chi connectivity index (χ2v) is 7.20. The van der Waals surface area contributed by atoms with Crippen molar-refractivity contribution < 1.29 is 8.42 Å². The molecule has 5 heteroatoms. The Hall–Kier alpha value is -1.36. The monoisotopic (exact) mass is 339 g/mol. The Kier molecular flexibility index (Phi) is 7.07. The van der Waals surface area contributed by atoms with Gasteiger partial charge in [0, 0.05) is 6.04 Å². The molecular weight excluding hydrogens is 318 g/mol. The molecule has 1 atom stereocenters. The number of hydrogen-bond donors (Lipinski definition) is 1. The van der Waals surface area contributed by atoms with Crippen LogP contribution in [0.4, 0.5) is 0 Å². The van der Waals surface area contributed by atoms with Crippen molar-refractivity contribution in [2.75, 3.05) is 0 Å². The standard InChI is InChI=1S/C17H21NO2S.ClH/c1-2-16(18)12-14-8-6-7-9-15(14)13-21(19,20)17-10-4-3-5-11-17;/h3-11,16H,2,12-13,18H2,1H3;1H. The second kappa shape index (κ2) is 8.32. The zero-order chi connectivity index (χ0) is 15.3. The van der Waals surface area contributed by atoms with Gasteiger partial charge in [-0.15, -0.1) is 12.4 Å². The average molecular weight is 340 g/mol. The fourth-order valence-electron chi connectivity index (χ4n) is 2.24. The SMILES string of the molecule is CCC(N)Cc1ccccc1CS(=O)(=O)c1ccccc1.Cl. The lowest BCUT2D eigenvalue weighted by molar-refractivity contribution is 0.594. The molecule has 0 aliphatic rings. The third-order valence-electron chi connectivity index (χ3n) is 3.57. The topological polar surface area (TPSA) is 60.2 Å². The quantitative estimate of drug-likeness (QED) is 0.877. The molecule has 2 aromatic rings. The van der Waals surface area contributed by atoms with Gasteiger partial charge in [0.1, 0.15) is 0 Å². The largest absolute Gasteiger partial charge is 0.327 e. The molecule has 0 amide bonds. The van der Waals surface area contributed by atoms with Crippen LogP contribution in [0.25, 0.3) is 0 Å². The van der Waals surface area contributed by atoms with E-state index in [1.54, 1.807) is 24.3 Å². The van der Waals surface area contributed by atoms with Crippen LogP contribution in [0.1, 0.15) is 24.5 Å². The maximum Gasteiger partial charge on any atom is 0.182 e. The number of rotatable bonds is 6. The highest BCUT2D eigenvalue weighted by Gasteiger charge is 2.17. The summed E-state index contributed by atoms with van der Waals surface area (Å²) in [5.41, 5.74) is 7.86. The molecule has 1 unspecified atom stereocenters. The van der Waals surface area contributed by atoms with Gasteiger partial charge < -0.3 is 5.73 Å². The van der Waals surface area contributed by atoms with Gasteiger partial charge in [0.2, 0.25) is 0 Å². The van der Waals surface area contributed by atoms with E-state index >= 15 is 0 Å². The zero-order valence-corrected chi connectivity index (χ0v) is 14.2. The van der Waals surface area contributed by atoms with Crippen LogP contribution in [0.15, 0.2) is 59.5 Å². The van der Waals surface area contributed by atoms with Crippen LogP contribution < -0.4 is 5.73 Å². The highest BCUT2D eigenvalue weighted by molar-refractivity contribution is 7.90. The highest BCUT2D eigenvalue weighted by atomic mass is 35.5. The van der Waals surface area contributed by atoms with Crippen LogP contribution in [0.3, 0.4) is 0 Å². The maximum absolute atomic E-state index is 12.5. The predicted octanol–water partition coefficient (Wildman–Crippen LogP) is 3.36. The summed E-state index contributed by atoms with van der Waals surface area (Å²) in [5, 5.41) is 0. The molecule has 0 radical (unpaired) electrons. The Labute approximate surface area is 138 Å². The molecule has 3 nitrogen and oxygen atoms in total. The Bertz CT molecular complexity index is 687. The van der Waals surface area contributed by atoms with Crippen LogP contribution in [0.5, 0.6) is 0 Å². The lowest BCUT2D eigenvalue weighted by Gasteiger charge is -2.13. The van der Waals surface area contributed by atoms with Gasteiger partial charge in [0.15, 0.2) is 9.84 Å².